The minimum Gasteiger partial charge on any atom is -0.309 e. The van der Waals surface area contributed by atoms with Crippen LogP contribution in [0.3, 0.4) is 0 Å². The second-order valence-corrected chi connectivity index (χ2v) is 18.4. The van der Waals surface area contributed by atoms with Crippen molar-refractivity contribution >= 4 is 91.9 Å². The molecule has 2 nitrogen and oxygen atoms in total. The van der Waals surface area contributed by atoms with Crippen LogP contribution >= 0.6 is 11.3 Å². The number of fused-ring (bicyclic) bond motifs is 13. The highest BCUT2D eigenvalue weighted by molar-refractivity contribution is 7.23. The average Bonchev–Trinajstić information content (AvgIpc) is 3.96. The van der Waals surface area contributed by atoms with E-state index < -0.39 is 0 Å². The van der Waals surface area contributed by atoms with Gasteiger partial charge in [0.2, 0.25) is 0 Å². The maximum atomic E-state index is 2.52. The van der Waals surface area contributed by atoms with E-state index in [0.29, 0.717) is 0 Å². The zero-order valence-corrected chi connectivity index (χ0v) is 35.2. The van der Waals surface area contributed by atoms with E-state index in [1.165, 1.54) is 108 Å². The highest BCUT2D eigenvalue weighted by Gasteiger charge is 2.36. The normalized spacial score (nSPS) is 13.1. The Morgan fingerprint density at radius 1 is 0.403 bits per heavy atom. The van der Waals surface area contributed by atoms with E-state index in [1.54, 1.807) is 0 Å². The van der Waals surface area contributed by atoms with Crippen LogP contribution in [0.15, 0.2) is 206 Å². The zero-order chi connectivity index (χ0) is 41.1. The second kappa shape index (κ2) is 13.3. The molecule has 1 aliphatic carbocycles. The van der Waals surface area contributed by atoms with Crippen LogP contribution in [0.4, 0.5) is 16.4 Å². The Balaban J connectivity index is 1.01. The third kappa shape index (κ3) is 5.16. The Morgan fingerprint density at radius 3 is 1.77 bits per heavy atom. The van der Waals surface area contributed by atoms with Crippen LogP contribution in [-0.4, -0.2) is 4.57 Å². The number of hydrogen-bond acceptors (Lipinski definition) is 2. The third-order valence-corrected chi connectivity index (χ3v) is 14.7. The predicted octanol–water partition coefficient (Wildman–Crippen LogP) is 16.9. The maximum absolute atomic E-state index is 2.52. The molecule has 292 valence electrons. The van der Waals surface area contributed by atoms with Gasteiger partial charge < -0.3 is 9.47 Å². The second-order valence-electron chi connectivity index (χ2n) is 17.3. The molecule has 2 heterocycles. The SMILES string of the molecule is CC1(C)c2ccccc2-c2cc3c4cc(-c5ccc(N(c6ccccc6)c6cc7ccccc7s6)cc5)ccc4n(-c4ccc5c6ccccc6c6ccccc6c5c4)c3cc21. The van der Waals surface area contributed by atoms with Gasteiger partial charge in [-0.1, -0.05) is 147 Å². The lowest BCUT2D eigenvalue weighted by molar-refractivity contribution is 0.661. The summed E-state index contributed by atoms with van der Waals surface area (Å²) in [5.41, 5.74) is 13.6. The molecule has 1 aliphatic rings. The fourth-order valence-electron chi connectivity index (χ4n) is 10.6. The van der Waals surface area contributed by atoms with Crippen LogP contribution < -0.4 is 4.90 Å². The Kier molecular flexibility index (Phi) is 7.56. The van der Waals surface area contributed by atoms with Crippen LogP contribution in [0.5, 0.6) is 0 Å². The molecule has 0 bridgehead atoms. The topological polar surface area (TPSA) is 8.17 Å². The van der Waals surface area contributed by atoms with Crippen molar-refractivity contribution in [3.8, 4) is 27.9 Å². The third-order valence-electron chi connectivity index (χ3n) is 13.6. The molecular weight excluding hydrogens is 769 g/mol. The largest absolute Gasteiger partial charge is 0.309 e. The standard InChI is InChI=1S/C59H40N2S/c1-59(2)53-22-12-11-21-48(53)50-35-52-51-32-38(37-24-27-41(28-25-37)60(40-15-4-3-5-16-40)58-33-39-14-6-13-23-57(39)62-58)26-31-55(51)61(56(52)36-54(50)59)42-29-30-47-45-19-8-7-17-43(45)44-18-9-10-20-46(44)49(47)34-42/h3-36H,1-2H3. The summed E-state index contributed by atoms with van der Waals surface area (Å²) in [6.07, 6.45) is 0. The minimum atomic E-state index is -0.115. The van der Waals surface area contributed by atoms with Crippen LogP contribution in [-0.2, 0) is 5.41 Å². The lowest BCUT2D eigenvalue weighted by Gasteiger charge is -2.23. The molecule has 12 aromatic rings. The van der Waals surface area contributed by atoms with Crippen molar-refractivity contribution < 1.29 is 0 Å². The fraction of sp³-hybridized carbons (Fsp3) is 0.0508. The molecule has 0 unspecified atom stereocenters. The summed E-state index contributed by atoms with van der Waals surface area (Å²) in [5.74, 6) is 0. The molecule has 62 heavy (non-hydrogen) atoms. The van der Waals surface area contributed by atoms with Gasteiger partial charge in [0, 0.05) is 37.9 Å². The van der Waals surface area contributed by atoms with Crippen molar-refractivity contribution in [1.29, 1.82) is 0 Å². The van der Waals surface area contributed by atoms with E-state index in [4.69, 9.17) is 0 Å². The Labute approximate surface area is 364 Å². The number of thiophene rings is 1. The molecule has 0 saturated heterocycles. The number of hydrogen-bond donors (Lipinski definition) is 0. The minimum absolute atomic E-state index is 0.115. The quantitative estimate of drug-likeness (QED) is 0.157. The van der Waals surface area contributed by atoms with Crippen molar-refractivity contribution in [3.05, 3.63) is 217 Å². The summed E-state index contributed by atoms with van der Waals surface area (Å²) >= 11 is 1.83. The van der Waals surface area contributed by atoms with Gasteiger partial charge in [-0.2, -0.15) is 0 Å². The number of anilines is 3. The lowest BCUT2D eigenvalue weighted by atomic mass is 9.82. The summed E-state index contributed by atoms with van der Waals surface area (Å²) in [4.78, 5) is 2.38. The van der Waals surface area contributed by atoms with Crippen molar-refractivity contribution in [3.63, 3.8) is 0 Å². The molecular formula is C59H40N2S. The highest BCUT2D eigenvalue weighted by atomic mass is 32.1. The molecule has 0 fully saturated rings. The van der Waals surface area contributed by atoms with Crippen LogP contribution in [0.2, 0.25) is 0 Å². The average molecular weight is 809 g/mol. The molecule has 0 aliphatic heterocycles. The monoisotopic (exact) mass is 808 g/mol. The molecule has 13 rings (SSSR count). The van der Waals surface area contributed by atoms with E-state index in [0.717, 1.165) is 11.4 Å². The van der Waals surface area contributed by atoms with Gasteiger partial charge in [-0.3, -0.25) is 0 Å². The number of benzene rings is 10. The Bertz CT molecular complexity index is 3710. The summed E-state index contributed by atoms with van der Waals surface area (Å²) < 4.78 is 3.80. The van der Waals surface area contributed by atoms with E-state index in [1.807, 2.05) is 11.3 Å². The first-order valence-corrected chi connectivity index (χ1v) is 22.3. The van der Waals surface area contributed by atoms with Gasteiger partial charge in [0.25, 0.3) is 0 Å². The van der Waals surface area contributed by atoms with Gasteiger partial charge in [0.05, 0.1) is 11.0 Å². The molecule has 0 N–H and O–H groups in total. The molecule has 0 atom stereocenters. The van der Waals surface area contributed by atoms with E-state index in [-0.39, 0.29) is 5.41 Å². The summed E-state index contributed by atoms with van der Waals surface area (Å²) in [5, 5.41) is 12.7. The van der Waals surface area contributed by atoms with E-state index >= 15 is 0 Å². The van der Waals surface area contributed by atoms with Crippen molar-refractivity contribution in [1.82, 2.24) is 4.57 Å². The number of nitrogens with zero attached hydrogens (tertiary/aromatic N) is 2. The van der Waals surface area contributed by atoms with E-state index in [2.05, 4.69) is 230 Å². The van der Waals surface area contributed by atoms with Crippen LogP contribution in [0.1, 0.15) is 25.0 Å². The summed E-state index contributed by atoms with van der Waals surface area (Å²) in [6, 6.07) is 76.6. The van der Waals surface area contributed by atoms with Crippen LogP contribution in [0, 0.1) is 0 Å². The molecule has 0 spiro atoms. The highest BCUT2D eigenvalue weighted by Crippen LogP contribution is 2.51. The number of para-hydroxylation sites is 1. The smallest absolute Gasteiger partial charge is 0.101 e. The first kappa shape index (κ1) is 35.3. The van der Waals surface area contributed by atoms with Crippen molar-refractivity contribution in [2.45, 2.75) is 19.3 Å². The van der Waals surface area contributed by atoms with Gasteiger partial charge in [-0.15, -0.1) is 11.3 Å². The first-order chi connectivity index (χ1) is 30.5. The first-order valence-electron chi connectivity index (χ1n) is 21.5. The number of aromatic nitrogens is 1. The van der Waals surface area contributed by atoms with Gasteiger partial charge in [0.15, 0.2) is 0 Å². The Hall–Kier alpha value is -7.46. The molecule has 0 saturated carbocycles. The fourth-order valence-corrected chi connectivity index (χ4v) is 11.7. The molecule has 2 aromatic heterocycles. The Morgan fingerprint density at radius 2 is 1.02 bits per heavy atom. The van der Waals surface area contributed by atoms with Gasteiger partial charge in [0.1, 0.15) is 5.00 Å². The number of rotatable bonds is 5. The molecule has 10 aromatic carbocycles. The molecule has 0 radical (unpaired) electrons. The summed E-state index contributed by atoms with van der Waals surface area (Å²) in [7, 11) is 0. The van der Waals surface area contributed by atoms with Crippen molar-refractivity contribution in [2.75, 3.05) is 4.90 Å². The summed E-state index contributed by atoms with van der Waals surface area (Å²) in [6.45, 7) is 4.76. The zero-order valence-electron chi connectivity index (χ0n) is 34.4. The predicted molar refractivity (Wildman–Crippen MR) is 266 cm³/mol. The molecule has 3 heteroatoms. The van der Waals surface area contributed by atoms with Gasteiger partial charge >= 0.3 is 0 Å². The maximum Gasteiger partial charge on any atom is 0.101 e. The van der Waals surface area contributed by atoms with Gasteiger partial charge in [-0.25, -0.2) is 0 Å². The van der Waals surface area contributed by atoms with Crippen LogP contribution in [0.25, 0.3) is 92.2 Å². The lowest BCUT2D eigenvalue weighted by Crippen LogP contribution is -2.14. The molecule has 0 amide bonds. The van der Waals surface area contributed by atoms with Gasteiger partial charge in [-0.05, 0) is 144 Å². The van der Waals surface area contributed by atoms with Crippen molar-refractivity contribution in [2.24, 2.45) is 0 Å². The van der Waals surface area contributed by atoms with E-state index in [9.17, 15) is 0 Å².